The number of hydrogen-bond acceptors (Lipinski definition) is 3. The number of hydrogen-bond donors (Lipinski definition) is 1. The lowest BCUT2D eigenvalue weighted by atomic mass is 9.83. The molecule has 132 valence electrons. The second kappa shape index (κ2) is 7.09. The van der Waals surface area contributed by atoms with Crippen molar-refractivity contribution < 1.29 is 9.59 Å². The van der Waals surface area contributed by atoms with Gasteiger partial charge in [-0.15, -0.1) is 0 Å². The van der Waals surface area contributed by atoms with Crippen molar-refractivity contribution in [3.63, 3.8) is 0 Å². The fourth-order valence-electron chi connectivity index (χ4n) is 3.37. The maximum absolute atomic E-state index is 12.9. The lowest BCUT2D eigenvalue weighted by Gasteiger charge is -2.38. The molecule has 2 atom stereocenters. The second-order valence-corrected chi connectivity index (χ2v) is 6.58. The molecule has 0 aliphatic carbocycles. The molecule has 25 heavy (non-hydrogen) atoms. The molecule has 1 aromatic carbocycles. The van der Waals surface area contributed by atoms with E-state index >= 15 is 0 Å². The van der Waals surface area contributed by atoms with Crippen molar-refractivity contribution in [2.45, 2.75) is 39.3 Å². The molecule has 0 saturated carbocycles. The van der Waals surface area contributed by atoms with E-state index in [2.05, 4.69) is 10.4 Å². The maximum atomic E-state index is 12.9. The molecule has 0 unspecified atom stereocenters. The van der Waals surface area contributed by atoms with Gasteiger partial charge in [-0.3, -0.25) is 14.3 Å². The molecule has 1 aliphatic rings. The smallest absolute Gasteiger partial charge is 0.230 e. The summed E-state index contributed by atoms with van der Waals surface area (Å²) in [5.41, 5.74) is 2.83. The summed E-state index contributed by atoms with van der Waals surface area (Å²) in [7, 11) is 1.78. The van der Waals surface area contributed by atoms with E-state index in [0.717, 1.165) is 17.7 Å². The third kappa shape index (κ3) is 3.57. The molecule has 2 amide bonds. The number of piperidine rings is 1. The standard InChI is InChI=1S/C19H24N4O2/c1-4-23-12-15(11-20-23)21-19(25)16-9-10-17(24)22(3)18(16)14-7-5-13(2)6-8-14/h5-8,11-12,16,18H,4,9-10H2,1-3H3,(H,21,25)/t16-,18+/m0/s1. The lowest BCUT2D eigenvalue weighted by molar-refractivity contribution is -0.140. The highest BCUT2D eigenvalue weighted by Gasteiger charge is 2.38. The number of likely N-dealkylation sites (tertiary alicyclic amines) is 1. The minimum Gasteiger partial charge on any atom is -0.338 e. The van der Waals surface area contributed by atoms with Crippen LogP contribution >= 0.6 is 0 Å². The number of benzene rings is 1. The third-order valence-corrected chi connectivity index (χ3v) is 4.84. The molecule has 3 rings (SSSR count). The van der Waals surface area contributed by atoms with Crippen LogP contribution in [0, 0.1) is 12.8 Å². The number of carbonyl (C=O) groups excluding carboxylic acids is 2. The van der Waals surface area contributed by atoms with E-state index < -0.39 is 0 Å². The number of anilines is 1. The largest absolute Gasteiger partial charge is 0.338 e. The average molecular weight is 340 g/mol. The van der Waals surface area contributed by atoms with Crippen LogP contribution in [0.4, 0.5) is 5.69 Å². The summed E-state index contributed by atoms with van der Waals surface area (Å²) in [6.07, 6.45) is 4.41. The van der Waals surface area contributed by atoms with Gasteiger partial charge in [0.25, 0.3) is 0 Å². The molecular formula is C19H24N4O2. The van der Waals surface area contributed by atoms with Crippen LogP contribution in [0.15, 0.2) is 36.7 Å². The summed E-state index contributed by atoms with van der Waals surface area (Å²) >= 11 is 0. The Kier molecular flexibility index (Phi) is 4.88. The zero-order valence-electron chi connectivity index (χ0n) is 14.9. The van der Waals surface area contributed by atoms with E-state index in [9.17, 15) is 9.59 Å². The molecule has 1 aliphatic heterocycles. The Morgan fingerprint density at radius 3 is 2.68 bits per heavy atom. The molecule has 0 spiro atoms. The number of nitrogens with one attached hydrogen (secondary N) is 1. The highest BCUT2D eigenvalue weighted by atomic mass is 16.2. The van der Waals surface area contributed by atoms with Gasteiger partial charge in [0.05, 0.1) is 23.8 Å². The zero-order valence-corrected chi connectivity index (χ0v) is 14.9. The van der Waals surface area contributed by atoms with E-state index in [1.165, 1.54) is 0 Å². The number of carbonyl (C=O) groups is 2. The monoisotopic (exact) mass is 340 g/mol. The number of aromatic nitrogens is 2. The van der Waals surface area contributed by atoms with Crippen molar-refractivity contribution >= 4 is 17.5 Å². The van der Waals surface area contributed by atoms with Crippen LogP contribution in [0.5, 0.6) is 0 Å². The third-order valence-electron chi connectivity index (χ3n) is 4.84. The highest BCUT2D eigenvalue weighted by molar-refractivity contribution is 5.94. The molecule has 1 N–H and O–H groups in total. The molecule has 6 nitrogen and oxygen atoms in total. The number of amides is 2. The topological polar surface area (TPSA) is 67.2 Å². The Morgan fingerprint density at radius 1 is 1.32 bits per heavy atom. The zero-order chi connectivity index (χ0) is 18.0. The van der Waals surface area contributed by atoms with Crippen LogP contribution in [0.1, 0.15) is 36.9 Å². The first-order valence-corrected chi connectivity index (χ1v) is 8.65. The summed E-state index contributed by atoms with van der Waals surface area (Å²) in [5.74, 6) is -0.274. The van der Waals surface area contributed by atoms with E-state index in [4.69, 9.17) is 0 Å². The van der Waals surface area contributed by atoms with Crippen LogP contribution in [-0.4, -0.2) is 33.5 Å². The van der Waals surface area contributed by atoms with E-state index in [0.29, 0.717) is 18.5 Å². The van der Waals surface area contributed by atoms with Gasteiger partial charge in [-0.25, -0.2) is 0 Å². The second-order valence-electron chi connectivity index (χ2n) is 6.58. The minimum atomic E-state index is -0.282. The Labute approximate surface area is 147 Å². The predicted molar refractivity (Wildman–Crippen MR) is 95.9 cm³/mol. The van der Waals surface area contributed by atoms with Crippen LogP contribution in [0.25, 0.3) is 0 Å². The van der Waals surface area contributed by atoms with Gasteiger partial charge in [0.15, 0.2) is 0 Å². The van der Waals surface area contributed by atoms with Crippen LogP contribution in [0.2, 0.25) is 0 Å². The van der Waals surface area contributed by atoms with Crippen molar-refractivity contribution in [3.8, 4) is 0 Å². The van der Waals surface area contributed by atoms with Gasteiger partial charge < -0.3 is 10.2 Å². The molecule has 1 aromatic heterocycles. The summed E-state index contributed by atoms with van der Waals surface area (Å²) in [4.78, 5) is 26.8. The molecule has 2 heterocycles. The van der Waals surface area contributed by atoms with Crippen LogP contribution in [-0.2, 0) is 16.1 Å². The average Bonchev–Trinajstić information content (AvgIpc) is 3.05. The first-order chi connectivity index (χ1) is 12.0. The fourth-order valence-corrected chi connectivity index (χ4v) is 3.37. The van der Waals surface area contributed by atoms with Crippen molar-refractivity contribution in [2.24, 2.45) is 5.92 Å². The van der Waals surface area contributed by atoms with E-state index in [-0.39, 0.29) is 23.8 Å². The molecular weight excluding hydrogens is 316 g/mol. The minimum absolute atomic E-state index is 0.0689. The van der Waals surface area contributed by atoms with Crippen molar-refractivity contribution in [1.29, 1.82) is 0 Å². The van der Waals surface area contributed by atoms with Crippen molar-refractivity contribution in [3.05, 3.63) is 47.8 Å². The summed E-state index contributed by atoms with van der Waals surface area (Å²) in [6.45, 7) is 4.77. The van der Waals surface area contributed by atoms with Gasteiger partial charge in [0, 0.05) is 26.2 Å². The highest BCUT2D eigenvalue weighted by Crippen LogP contribution is 2.36. The summed E-state index contributed by atoms with van der Waals surface area (Å²) in [5, 5.41) is 7.14. The first kappa shape index (κ1) is 17.2. The Balaban J connectivity index is 1.84. The van der Waals surface area contributed by atoms with Gasteiger partial charge in [-0.2, -0.15) is 5.10 Å². The summed E-state index contributed by atoms with van der Waals surface area (Å²) < 4.78 is 1.77. The van der Waals surface area contributed by atoms with Crippen molar-refractivity contribution in [2.75, 3.05) is 12.4 Å². The normalized spacial score (nSPS) is 20.6. The molecule has 0 bridgehead atoms. The van der Waals surface area contributed by atoms with E-state index in [1.54, 1.807) is 22.8 Å². The SMILES string of the molecule is CCn1cc(NC(=O)[C@H]2CCC(=O)N(C)[C@@H]2c2ccc(C)cc2)cn1. The van der Waals surface area contributed by atoms with Gasteiger partial charge in [0.2, 0.25) is 11.8 Å². The quantitative estimate of drug-likeness (QED) is 0.930. The lowest BCUT2D eigenvalue weighted by Crippen LogP contribution is -2.44. The molecule has 1 fully saturated rings. The van der Waals surface area contributed by atoms with Gasteiger partial charge in [0.1, 0.15) is 0 Å². The van der Waals surface area contributed by atoms with Gasteiger partial charge in [-0.05, 0) is 25.8 Å². The number of nitrogens with zero attached hydrogens (tertiary/aromatic N) is 3. The molecule has 1 saturated heterocycles. The van der Waals surface area contributed by atoms with Crippen LogP contribution in [0.3, 0.4) is 0 Å². The van der Waals surface area contributed by atoms with E-state index in [1.807, 2.05) is 44.3 Å². The van der Waals surface area contributed by atoms with Crippen molar-refractivity contribution in [1.82, 2.24) is 14.7 Å². The van der Waals surface area contributed by atoms with Gasteiger partial charge in [-0.1, -0.05) is 29.8 Å². The Morgan fingerprint density at radius 2 is 2.04 bits per heavy atom. The first-order valence-electron chi connectivity index (χ1n) is 8.65. The predicted octanol–water partition coefficient (Wildman–Crippen LogP) is 2.76. The Hall–Kier alpha value is -2.63. The maximum Gasteiger partial charge on any atom is 0.230 e. The number of aryl methyl sites for hydroxylation is 2. The van der Waals surface area contributed by atoms with Crippen LogP contribution < -0.4 is 5.32 Å². The van der Waals surface area contributed by atoms with Gasteiger partial charge >= 0.3 is 0 Å². The summed E-state index contributed by atoms with van der Waals surface area (Å²) in [6, 6.07) is 7.79. The molecule has 6 heteroatoms. The molecule has 0 radical (unpaired) electrons. The molecule has 2 aromatic rings. The number of rotatable bonds is 4. The Bertz CT molecular complexity index is 766. The fraction of sp³-hybridized carbons (Fsp3) is 0.421.